The quantitative estimate of drug-likeness (QED) is 0.0309. The van der Waals surface area contributed by atoms with Gasteiger partial charge < -0.3 is 85.4 Å². The van der Waals surface area contributed by atoms with Gasteiger partial charge in [0.1, 0.15) is 5.84 Å². The van der Waals surface area contributed by atoms with Crippen LogP contribution in [0.25, 0.3) is 19.4 Å². The fraction of sp³-hybridized carbons (Fsp3) is 0.303. The number of esters is 2. The molecule has 34 heteroatoms. The average molecular weight is 1500 g/mol. The number of aliphatic hydroxyl groups excluding tert-OH is 1. The van der Waals surface area contributed by atoms with E-state index in [4.69, 9.17) is 66.8 Å². The summed E-state index contributed by atoms with van der Waals surface area (Å²) in [5, 5.41) is 32.9. The number of nitrogen functional groups attached to an aromatic ring is 1. The molecule has 3 saturated heterocycles. The predicted octanol–water partition coefficient (Wildman–Crippen LogP) is 5.25. The summed E-state index contributed by atoms with van der Waals surface area (Å²) in [6.45, 7) is 30.8. The van der Waals surface area contributed by atoms with Gasteiger partial charge in [-0.15, -0.1) is 0 Å². The highest BCUT2D eigenvalue weighted by Crippen LogP contribution is 2.33. The van der Waals surface area contributed by atoms with E-state index < -0.39 is 84.1 Å². The number of morpholine rings is 3. The van der Waals surface area contributed by atoms with Gasteiger partial charge in [0, 0.05) is 121 Å². The molecule has 0 aromatic heterocycles. The number of hydrogen-bond donors (Lipinski definition) is 7. The highest BCUT2D eigenvalue weighted by molar-refractivity contribution is 6.21. The van der Waals surface area contributed by atoms with Crippen LogP contribution in [0.4, 0.5) is 56.9 Å². The Balaban J connectivity index is 0.000000216. The van der Waals surface area contributed by atoms with E-state index in [-0.39, 0.29) is 105 Å². The van der Waals surface area contributed by atoms with Gasteiger partial charge in [-0.25, -0.2) is 9.79 Å². The summed E-state index contributed by atoms with van der Waals surface area (Å²) in [4.78, 5) is 161. The Morgan fingerprint density at radius 2 is 0.909 bits per heavy atom. The first-order chi connectivity index (χ1) is 52.3. The average Bonchev–Trinajstić information content (AvgIpc) is 0.944. The van der Waals surface area contributed by atoms with Crippen LogP contribution in [0, 0.1) is 31.7 Å². The van der Waals surface area contributed by atoms with Gasteiger partial charge in [0.2, 0.25) is 29.9 Å². The number of likely N-dealkylation sites (N-methyl/N-ethyl adjacent to an activating group) is 3. The van der Waals surface area contributed by atoms with E-state index in [1.165, 1.54) is 59.7 Å². The van der Waals surface area contributed by atoms with Crippen LogP contribution in [-0.4, -0.2) is 220 Å². The highest BCUT2D eigenvalue weighted by atomic mass is 16.6. The van der Waals surface area contributed by atoms with Crippen LogP contribution in [-0.2, 0) is 95.7 Å². The Morgan fingerprint density at radius 3 is 1.34 bits per heavy atom. The number of carboxylic acids is 1. The second kappa shape index (κ2) is 38.5. The van der Waals surface area contributed by atoms with Gasteiger partial charge >= 0.3 is 17.9 Å². The van der Waals surface area contributed by atoms with Gasteiger partial charge in [-0.05, 0) is 83.4 Å². The van der Waals surface area contributed by atoms with Crippen molar-refractivity contribution in [2.45, 2.75) is 69.7 Å². The number of benzene rings is 6. The minimum Gasteiger partial charge on any atom is -0.478 e. The summed E-state index contributed by atoms with van der Waals surface area (Å²) >= 11 is 0. The molecular weight excluding hydrogens is 1420 g/mol. The lowest BCUT2D eigenvalue weighted by Gasteiger charge is -2.35. The number of amides is 8. The van der Waals surface area contributed by atoms with E-state index in [1.54, 1.807) is 139 Å². The molecule has 0 spiro atoms. The Bertz CT molecular complexity index is 4780. The maximum atomic E-state index is 13.4. The van der Waals surface area contributed by atoms with E-state index in [0.717, 1.165) is 25.0 Å². The lowest BCUT2D eigenvalue weighted by atomic mass is 10.1. The molecule has 10 rings (SSSR count). The fourth-order valence-electron chi connectivity index (χ4n) is 11.0. The van der Waals surface area contributed by atoms with Crippen LogP contribution in [0.2, 0.25) is 0 Å². The smallest absolute Gasteiger partial charge is 0.348 e. The van der Waals surface area contributed by atoms with Crippen LogP contribution in [0.3, 0.4) is 0 Å². The Hall–Kier alpha value is -13.8. The van der Waals surface area contributed by atoms with Crippen molar-refractivity contribution in [1.82, 2.24) is 14.7 Å². The summed E-state index contributed by atoms with van der Waals surface area (Å²) in [7, 11) is 9.97. The lowest BCUT2D eigenvalue weighted by Crippen LogP contribution is -2.56. The van der Waals surface area contributed by atoms with Crippen molar-refractivity contribution in [2.24, 2.45) is 10.7 Å². The number of carbonyl (C=O) groups is 11. The summed E-state index contributed by atoms with van der Waals surface area (Å²) in [6, 6.07) is 34.3. The zero-order valence-electron chi connectivity index (χ0n) is 61.0. The summed E-state index contributed by atoms with van der Waals surface area (Å²) in [6.07, 6.45) is -8.85. The van der Waals surface area contributed by atoms with E-state index >= 15 is 0 Å². The van der Waals surface area contributed by atoms with Crippen molar-refractivity contribution in [1.29, 1.82) is 5.41 Å². The highest BCUT2D eigenvalue weighted by Gasteiger charge is 2.45. The molecule has 0 aliphatic carbocycles. The number of aliphatic imine (C=N–C) groups is 1. The van der Waals surface area contributed by atoms with E-state index in [1.807, 2.05) is 0 Å². The van der Waals surface area contributed by atoms with E-state index in [0.29, 0.717) is 56.5 Å². The number of anilines is 6. The third-order valence-electron chi connectivity index (χ3n) is 16.6. The number of aliphatic hydroxyl groups is 1. The first-order valence-corrected chi connectivity index (χ1v) is 33.4. The number of nitrogens with one attached hydrogen (secondary N) is 3. The molecule has 4 aliphatic heterocycles. The largest absolute Gasteiger partial charge is 0.478 e. The SMILES string of the molecule is CC(=O)O[C@@H](C(=O)O)[C@H]1OCCN(c2cccc(CC(=O)N(C)C)c2)C1=O.CN(C)C(=O)Cc1cccc(N2CCO[C@H]([C@@H](O)C(=O)Nc3ccc4c(c3)C(=N)N=C4N)C2=O)c1.[C-]#[N+]c1ccc(N)cc1[N+]#[C-].[C-]#[N+]c1ccc(NC(=O)[C@H](OC(C)=O)[C@H]2OCCN(c3cccc(CC(=O)N(C)C)c3)C2=O)cc1[N+]#[C-]. The van der Waals surface area contributed by atoms with Crippen molar-refractivity contribution in [3.63, 3.8) is 0 Å². The maximum absolute atomic E-state index is 13.4. The number of nitrogens with zero attached hydrogens (tertiary/aromatic N) is 11. The minimum atomic E-state index is -1.77. The number of aliphatic carboxylic acids is 1. The zero-order valence-corrected chi connectivity index (χ0v) is 61.0. The van der Waals surface area contributed by atoms with Crippen molar-refractivity contribution >= 4 is 134 Å². The lowest BCUT2D eigenvalue weighted by molar-refractivity contribution is -0.177. The van der Waals surface area contributed by atoms with Crippen LogP contribution >= 0.6 is 0 Å². The fourth-order valence-corrected chi connectivity index (χ4v) is 11.0. The number of carbonyl (C=O) groups excluding carboxylic acids is 10. The number of hydrogen-bond acceptors (Lipinski definition) is 20. The van der Waals surface area contributed by atoms with Gasteiger partial charge in [-0.3, -0.25) is 72.7 Å². The van der Waals surface area contributed by atoms with Crippen molar-refractivity contribution in [3.05, 3.63) is 201 Å². The Labute approximate surface area is 632 Å². The molecule has 8 amide bonds. The molecule has 6 aromatic rings. The molecule has 4 heterocycles. The molecule has 0 saturated carbocycles. The molecule has 6 aromatic carbocycles. The van der Waals surface area contributed by atoms with Crippen LogP contribution in [0.5, 0.6) is 0 Å². The third kappa shape index (κ3) is 21.9. The Morgan fingerprint density at radius 1 is 0.527 bits per heavy atom. The molecule has 0 bridgehead atoms. The number of nitrogens with two attached hydrogens (primary N) is 2. The summed E-state index contributed by atoms with van der Waals surface area (Å²) in [5.41, 5.74) is 17.8. The number of amidine groups is 2. The molecule has 6 atom stereocenters. The Kier molecular flexibility index (Phi) is 29.2. The standard InChI is InChI=1S/C26H25N5O6.C24H26N6O5.C18H22N2O7.C8H5N3/c1-16(32)37-23(25(34)29-18-9-10-20(27-2)21(15-18)28-3)24-26(35)31(11-12-36-24)19-8-6-7-17(13-19)14-22(33)30(4)5;1-29(2)18(31)11-13-4-3-5-15(10-13)30-8-9-35-20(24(30)34)19(32)23(33)27-14-6-7-16-17(12-14)22(26)28-21(16)25;1-11(21)27-16(18(24)25)15-17(23)20(7-8-26-15)13-6-4-5-12(9-13)10-14(22)19(2)3;1-10-7-4-3-6(9)5-8(7)11-2/h6-10,13,15,23-24H,11-12,14H2,1,4-5H3,(H,29,34);3-7,10,12,19-20,32H,8-9,11H2,1-2H3,(H,27,33)(H3,25,26,28);4-6,9,15-16H,7-8,10H2,1-3H3,(H,24,25);3-5H,9H2/t23-,24-;19-,20-;15-,16-;/m111./s1. The van der Waals surface area contributed by atoms with E-state index in [9.17, 15) is 63.0 Å². The van der Waals surface area contributed by atoms with Gasteiger partial charge in [0.25, 0.3) is 29.5 Å². The maximum Gasteiger partial charge on any atom is 0.348 e. The number of fused-ring (bicyclic) bond motifs is 1. The van der Waals surface area contributed by atoms with Gasteiger partial charge in [-0.2, -0.15) is 0 Å². The second-order valence-corrected chi connectivity index (χ2v) is 25.1. The van der Waals surface area contributed by atoms with Gasteiger partial charge in [-0.1, -0.05) is 60.7 Å². The molecule has 9 N–H and O–H groups in total. The summed E-state index contributed by atoms with van der Waals surface area (Å²) < 4.78 is 26.3. The van der Waals surface area contributed by atoms with Crippen molar-refractivity contribution in [2.75, 3.05) is 113 Å². The molecule has 110 heavy (non-hydrogen) atoms. The third-order valence-corrected chi connectivity index (χ3v) is 16.6. The molecule has 3 fully saturated rings. The van der Waals surface area contributed by atoms with Crippen LogP contribution < -0.4 is 36.8 Å². The molecule has 34 nitrogen and oxygen atoms in total. The monoisotopic (exact) mass is 1500 g/mol. The molecule has 4 aliphatic rings. The van der Waals surface area contributed by atoms with Crippen LogP contribution in [0.1, 0.15) is 41.7 Å². The first-order valence-electron chi connectivity index (χ1n) is 33.4. The molecule has 0 unspecified atom stereocenters. The molecular formula is C76H78N16O18. The van der Waals surface area contributed by atoms with Crippen molar-refractivity contribution in [3.8, 4) is 0 Å². The number of ether oxygens (including phenoxy) is 5. The number of carboxylic acid groups (broad SMARTS) is 1. The number of rotatable bonds is 19. The second-order valence-electron chi connectivity index (χ2n) is 25.1. The van der Waals surface area contributed by atoms with Gasteiger partial charge in [0.15, 0.2) is 53.0 Å². The van der Waals surface area contributed by atoms with Gasteiger partial charge in [0.05, 0.1) is 65.4 Å². The molecule has 0 radical (unpaired) electrons. The van der Waals surface area contributed by atoms with Crippen molar-refractivity contribution < 1.29 is 86.6 Å². The normalized spacial score (nSPS) is 16.2. The minimum absolute atomic E-state index is 0.0231. The first kappa shape index (κ1) is 83.5. The predicted molar refractivity (Wildman–Crippen MR) is 401 cm³/mol. The van der Waals surface area contributed by atoms with Crippen LogP contribution in [0.15, 0.2) is 132 Å². The summed E-state index contributed by atoms with van der Waals surface area (Å²) in [5.74, 6) is -6.55. The zero-order chi connectivity index (χ0) is 80.8. The topological polar surface area (TPSA) is 424 Å². The van der Waals surface area contributed by atoms with E-state index in [2.05, 4.69) is 35.0 Å². The molecule has 570 valence electrons.